The number of nitrogens with zero attached hydrogens (tertiary/aromatic N) is 4. The molecule has 108 valence electrons. The van der Waals surface area contributed by atoms with Gasteiger partial charge in [0.25, 0.3) is 0 Å². The molecule has 1 heterocycles. The van der Waals surface area contributed by atoms with Gasteiger partial charge >= 0.3 is 5.97 Å². The number of hydrogen-bond acceptors (Lipinski definition) is 7. The molecule has 1 aromatic rings. The summed E-state index contributed by atoms with van der Waals surface area (Å²) in [4.78, 5) is 11.1. The van der Waals surface area contributed by atoms with Crippen molar-refractivity contribution in [3.05, 3.63) is 0 Å². The number of hydrogen-bond donors (Lipinski definition) is 0. The summed E-state index contributed by atoms with van der Waals surface area (Å²) in [5.74, 6) is 1.03. The average Bonchev–Trinajstić information content (AvgIpc) is 2.80. The van der Waals surface area contributed by atoms with Crippen LogP contribution in [-0.2, 0) is 20.8 Å². The zero-order valence-corrected chi connectivity index (χ0v) is 12.4. The number of thioether (sulfide) groups is 1. The second-order valence-corrected chi connectivity index (χ2v) is 5.40. The van der Waals surface area contributed by atoms with Crippen molar-refractivity contribution in [1.82, 2.24) is 20.2 Å². The van der Waals surface area contributed by atoms with E-state index in [0.717, 1.165) is 18.8 Å². The first-order valence-electron chi connectivity index (χ1n) is 6.17. The maximum atomic E-state index is 11.1. The van der Waals surface area contributed by atoms with Crippen molar-refractivity contribution in [2.24, 2.45) is 5.92 Å². The number of tetrazole rings is 1. The van der Waals surface area contributed by atoms with Crippen LogP contribution in [0.15, 0.2) is 5.16 Å². The summed E-state index contributed by atoms with van der Waals surface area (Å²) >= 11 is 1.46. The largest absolute Gasteiger partial charge is 0.468 e. The fraction of sp³-hybridized carbons (Fsp3) is 0.818. The quantitative estimate of drug-likeness (QED) is 0.381. The van der Waals surface area contributed by atoms with Crippen LogP contribution in [0.5, 0.6) is 0 Å². The van der Waals surface area contributed by atoms with Crippen molar-refractivity contribution in [3.8, 4) is 0 Å². The van der Waals surface area contributed by atoms with Crippen LogP contribution < -0.4 is 0 Å². The minimum absolute atomic E-state index is 0.0278. The normalized spacial score (nSPS) is 10.9. The molecule has 0 spiro atoms. The molecule has 0 fully saturated rings. The van der Waals surface area contributed by atoms with Crippen molar-refractivity contribution in [2.45, 2.75) is 32.0 Å². The molecule has 8 heteroatoms. The van der Waals surface area contributed by atoms with E-state index in [-0.39, 0.29) is 12.5 Å². The molecule has 0 N–H and O–H groups in total. The standard InChI is InChI=1S/C11H20N4O3S/c1-9(2)4-5-18-6-7-19-11-12-13-14-15(11)8-10(16)17-3/h9H,4-8H2,1-3H3. The van der Waals surface area contributed by atoms with Gasteiger partial charge in [-0.15, -0.1) is 5.10 Å². The Bertz CT molecular complexity index is 384. The Morgan fingerprint density at radius 2 is 2.21 bits per heavy atom. The van der Waals surface area contributed by atoms with Crippen LogP contribution in [0.4, 0.5) is 0 Å². The van der Waals surface area contributed by atoms with Crippen LogP contribution in [0.2, 0.25) is 0 Å². The van der Waals surface area contributed by atoms with Crippen LogP contribution in [-0.4, -0.2) is 52.3 Å². The molecule has 1 aromatic heterocycles. The molecule has 19 heavy (non-hydrogen) atoms. The molecule has 0 aliphatic heterocycles. The minimum atomic E-state index is -0.373. The Hall–Kier alpha value is -1.15. The summed E-state index contributed by atoms with van der Waals surface area (Å²) in [5, 5.41) is 11.7. The van der Waals surface area contributed by atoms with Crippen LogP contribution in [0.1, 0.15) is 20.3 Å². The molecule has 1 rings (SSSR count). The molecule has 0 aliphatic rings. The number of carbonyl (C=O) groups is 1. The molecule has 0 amide bonds. The van der Waals surface area contributed by atoms with Gasteiger partial charge < -0.3 is 9.47 Å². The van der Waals surface area contributed by atoms with E-state index in [9.17, 15) is 4.79 Å². The number of rotatable bonds is 9. The highest BCUT2D eigenvalue weighted by molar-refractivity contribution is 7.99. The summed E-state index contributed by atoms with van der Waals surface area (Å²) in [6.07, 6.45) is 1.06. The summed E-state index contributed by atoms with van der Waals surface area (Å²) < 4.78 is 11.5. The monoisotopic (exact) mass is 288 g/mol. The van der Waals surface area contributed by atoms with E-state index < -0.39 is 0 Å². The summed E-state index contributed by atoms with van der Waals surface area (Å²) in [6, 6.07) is 0. The van der Waals surface area contributed by atoms with Crippen molar-refractivity contribution >= 4 is 17.7 Å². The van der Waals surface area contributed by atoms with Crippen molar-refractivity contribution in [1.29, 1.82) is 0 Å². The summed E-state index contributed by atoms with van der Waals surface area (Å²) in [7, 11) is 1.34. The third-order valence-electron chi connectivity index (χ3n) is 2.30. The fourth-order valence-electron chi connectivity index (χ4n) is 1.20. The molecule has 0 aromatic carbocycles. The minimum Gasteiger partial charge on any atom is -0.468 e. The number of ether oxygens (including phenoxy) is 2. The molecule has 0 unspecified atom stereocenters. The molecular formula is C11H20N4O3S. The first kappa shape index (κ1) is 15.9. The van der Waals surface area contributed by atoms with Crippen molar-refractivity contribution < 1.29 is 14.3 Å². The summed E-state index contributed by atoms with van der Waals surface area (Å²) in [6.45, 7) is 5.77. The molecule has 0 atom stereocenters. The molecule has 0 aliphatic carbocycles. The molecule has 7 nitrogen and oxygen atoms in total. The second-order valence-electron chi connectivity index (χ2n) is 4.34. The van der Waals surface area contributed by atoms with Gasteiger partial charge in [0, 0.05) is 12.4 Å². The maximum Gasteiger partial charge on any atom is 0.327 e. The van der Waals surface area contributed by atoms with Gasteiger partial charge in [0.15, 0.2) is 0 Å². The third-order valence-corrected chi connectivity index (χ3v) is 3.23. The Kier molecular flexibility index (Phi) is 7.42. The van der Waals surface area contributed by atoms with E-state index in [4.69, 9.17) is 4.74 Å². The topological polar surface area (TPSA) is 79.1 Å². The molecule has 0 bridgehead atoms. The zero-order chi connectivity index (χ0) is 14.1. The van der Waals surface area contributed by atoms with Gasteiger partial charge in [0.05, 0.1) is 13.7 Å². The van der Waals surface area contributed by atoms with Gasteiger partial charge in [-0.25, -0.2) is 4.68 Å². The van der Waals surface area contributed by atoms with E-state index in [1.165, 1.54) is 23.6 Å². The lowest BCUT2D eigenvalue weighted by Gasteiger charge is -2.06. The predicted molar refractivity (Wildman–Crippen MR) is 70.8 cm³/mol. The van der Waals surface area contributed by atoms with E-state index in [0.29, 0.717) is 17.7 Å². The van der Waals surface area contributed by atoms with E-state index in [1.54, 1.807) is 0 Å². The van der Waals surface area contributed by atoms with Crippen LogP contribution in [0.25, 0.3) is 0 Å². The second kappa shape index (κ2) is 8.87. The Balaban J connectivity index is 2.22. The van der Waals surface area contributed by atoms with E-state index in [2.05, 4.69) is 34.1 Å². The van der Waals surface area contributed by atoms with Crippen LogP contribution in [0.3, 0.4) is 0 Å². The molecule has 0 saturated carbocycles. The lowest BCUT2D eigenvalue weighted by Crippen LogP contribution is -2.14. The van der Waals surface area contributed by atoms with Gasteiger partial charge in [-0.1, -0.05) is 25.6 Å². The number of aromatic nitrogens is 4. The Labute approximate surface area is 117 Å². The highest BCUT2D eigenvalue weighted by atomic mass is 32.2. The molecular weight excluding hydrogens is 268 g/mol. The van der Waals surface area contributed by atoms with Gasteiger partial charge in [-0.2, -0.15) is 0 Å². The van der Waals surface area contributed by atoms with Crippen LogP contribution >= 0.6 is 11.8 Å². The highest BCUT2D eigenvalue weighted by Gasteiger charge is 2.10. The smallest absolute Gasteiger partial charge is 0.327 e. The third kappa shape index (κ3) is 6.53. The van der Waals surface area contributed by atoms with Crippen molar-refractivity contribution in [2.75, 3.05) is 26.1 Å². The van der Waals surface area contributed by atoms with Gasteiger partial charge in [0.2, 0.25) is 5.16 Å². The lowest BCUT2D eigenvalue weighted by molar-refractivity contribution is -0.141. The van der Waals surface area contributed by atoms with Gasteiger partial charge in [-0.3, -0.25) is 4.79 Å². The Morgan fingerprint density at radius 1 is 1.42 bits per heavy atom. The van der Waals surface area contributed by atoms with Crippen LogP contribution in [0, 0.1) is 5.92 Å². The first-order chi connectivity index (χ1) is 9.13. The average molecular weight is 288 g/mol. The first-order valence-corrected chi connectivity index (χ1v) is 7.15. The maximum absolute atomic E-state index is 11.1. The lowest BCUT2D eigenvalue weighted by atomic mass is 10.1. The number of esters is 1. The number of methoxy groups -OCH3 is 1. The van der Waals surface area contributed by atoms with Gasteiger partial charge in [-0.05, 0) is 22.8 Å². The fourth-order valence-corrected chi connectivity index (χ4v) is 1.93. The highest BCUT2D eigenvalue weighted by Crippen LogP contribution is 2.13. The van der Waals surface area contributed by atoms with E-state index in [1.807, 2.05) is 0 Å². The van der Waals surface area contributed by atoms with Crippen molar-refractivity contribution in [3.63, 3.8) is 0 Å². The molecule has 0 radical (unpaired) electrons. The van der Waals surface area contributed by atoms with E-state index >= 15 is 0 Å². The Morgan fingerprint density at radius 3 is 2.89 bits per heavy atom. The van der Waals surface area contributed by atoms with Gasteiger partial charge in [0.1, 0.15) is 6.54 Å². The summed E-state index contributed by atoms with van der Waals surface area (Å²) in [5.41, 5.74) is 0. The zero-order valence-electron chi connectivity index (χ0n) is 11.5. The predicted octanol–water partition coefficient (Wildman–Crippen LogP) is 1.00. The molecule has 0 saturated heterocycles. The SMILES string of the molecule is COC(=O)Cn1nnnc1SCCOCCC(C)C. The number of carbonyl (C=O) groups excluding carboxylic acids is 1.